The van der Waals surface area contributed by atoms with E-state index in [4.69, 9.17) is 16.3 Å². The average Bonchev–Trinajstić information content (AvgIpc) is 2.59. The molecule has 0 saturated carbocycles. The number of nitrogens with zero attached hydrogens (tertiary/aromatic N) is 3. The normalized spacial score (nSPS) is 14.5. The van der Waals surface area contributed by atoms with Crippen molar-refractivity contribution in [3.8, 4) is 0 Å². The molecule has 21 heavy (non-hydrogen) atoms. The number of halogens is 1. The van der Waals surface area contributed by atoms with Crippen LogP contribution in [0.1, 0.15) is 39.0 Å². The molecule has 118 valence electrons. The molecule has 0 aliphatic carbocycles. The quantitative estimate of drug-likeness (QED) is 0.804. The molecule has 0 aliphatic heterocycles. The minimum absolute atomic E-state index is 0.317. The Labute approximate surface area is 130 Å². The van der Waals surface area contributed by atoms with Crippen LogP contribution in [0, 0.1) is 6.92 Å². The van der Waals surface area contributed by atoms with Crippen molar-refractivity contribution < 1.29 is 14.3 Å². The van der Waals surface area contributed by atoms with Crippen LogP contribution in [-0.4, -0.2) is 39.7 Å². The van der Waals surface area contributed by atoms with Crippen LogP contribution in [0.25, 0.3) is 0 Å². The summed E-state index contributed by atoms with van der Waals surface area (Å²) >= 11 is 6.22. The Morgan fingerprint density at radius 3 is 2.24 bits per heavy atom. The predicted octanol–water partition coefficient (Wildman–Crippen LogP) is 2.66. The van der Waals surface area contributed by atoms with Gasteiger partial charge in [-0.25, -0.2) is 4.79 Å². The fourth-order valence-corrected chi connectivity index (χ4v) is 2.40. The molecule has 0 fully saturated rings. The second-order valence-corrected chi connectivity index (χ2v) is 6.54. The van der Waals surface area contributed by atoms with E-state index in [1.165, 1.54) is 16.6 Å². The number of aldehydes is 1. The zero-order valence-corrected chi connectivity index (χ0v) is 14.3. The summed E-state index contributed by atoms with van der Waals surface area (Å²) in [6.45, 7) is 8.64. The van der Waals surface area contributed by atoms with Gasteiger partial charge in [-0.05, 0) is 34.6 Å². The number of carbonyl (C=O) groups is 2. The molecule has 0 radical (unpaired) electrons. The first-order valence-electron chi connectivity index (χ1n) is 6.56. The van der Waals surface area contributed by atoms with Crippen molar-refractivity contribution in [1.82, 2.24) is 14.7 Å². The van der Waals surface area contributed by atoms with E-state index < -0.39 is 17.2 Å². The molecule has 0 bridgehead atoms. The Bertz CT molecular complexity index is 563. The zero-order chi connectivity index (χ0) is 16.6. The van der Waals surface area contributed by atoms with Gasteiger partial charge in [-0.15, -0.1) is 0 Å². The van der Waals surface area contributed by atoms with E-state index >= 15 is 0 Å². The Morgan fingerprint density at radius 2 is 1.90 bits per heavy atom. The fraction of sp³-hybridized carbons (Fsp3) is 0.643. The van der Waals surface area contributed by atoms with Crippen molar-refractivity contribution in [2.45, 2.75) is 45.8 Å². The van der Waals surface area contributed by atoms with Gasteiger partial charge in [0, 0.05) is 19.7 Å². The van der Waals surface area contributed by atoms with Crippen LogP contribution in [-0.2, 0) is 22.1 Å². The maximum absolute atomic E-state index is 12.2. The lowest BCUT2D eigenvalue weighted by atomic mass is 9.93. The monoisotopic (exact) mass is 315 g/mol. The Kier molecular flexibility index (Phi) is 4.73. The van der Waals surface area contributed by atoms with Crippen molar-refractivity contribution in [1.29, 1.82) is 0 Å². The molecule has 1 heterocycles. The lowest BCUT2D eigenvalue weighted by Crippen LogP contribution is -2.48. The highest BCUT2D eigenvalue weighted by Crippen LogP contribution is 2.34. The number of hydrogen-bond acceptors (Lipinski definition) is 4. The Balaban J connectivity index is 3.27. The van der Waals surface area contributed by atoms with E-state index in [0.29, 0.717) is 22.7 Å². The van der Waals surface area contributed by atoms with Crippen LogP contribution in [0.5, 0.6) is 0 Å². The summed E-state index contributed by atoms with van der Waals surface area (Å²) in [5.41, 5.74) is -0.816. The van der Waals surface area contributed by atoms with E-state index in [0.717, 1.165) is 0 Å². The molecule has 0 aliphatic rings. The number of carbonyl (C=O) groups excluding carboxylic acids is 2. The van der Waals surface area contributed by atoms with Gasteiger partial charge in [0.1, 0.15) is 22.6 Å². The van der Waals surface area contributed by atoms with Gasteiger partial charge in [0.2, 0.25) is 0 Å². The highest BCUT2D eigenvalue weighted by molar-refractivity contribution is 6.30. The second-order valence-electron chi connectivity index (χ2n) is 6.18. The Hall–Kier alpha value is -1.56. The Morgan fingerprint density at radius 1 is 1.38 bits per heavy atom. The van der Waals surface area contributed by atoms with Gasteiger partial charge < -0.3 is 9.53 Å². The van der Waals surface area contributed by atoms with Crippen LogP contribution in [0.3, 0.4) is 0 Å². The molecule has 6 nitrogen and oxygen atoms in total. The van der Waals surface area contributed by atoms with Gasteiger partial charge in [-0.3, -0.25) is 9.58 Å². The maximum atomic E-state index is 12.2. The first kappa shape index (κ1) is 17.5. The molecule has 0 aromatic carbocycles. The van der Waals surface area contributed by atoms with Crippen LogP contribution in [0.15, 0.2) is 0 Å². The molecule has 7 heteroatoms. The summed E-state index contributed by atoms with van der Waals surface area (Å²) in [5.74, 6) is 0. The lowest BCUT2D eigenvalue weighted by molar-refractivity contribution is -0.117. The van der Waals surface area contributed by atoms with Crippen molar-refractivity contribution in [3.63, 3.8) is 0 Å². The molecule has 0 saturated heterocycles. The smallest absolute Gasteiger partial charge is 0.411 e. The highest BCUT2D eigenvalue weighted by atomic mass is 35.5. The van der Waals surface area contributed by atoms with Crippen molar-refractivity contribution in [3.05, 3.63) is 16.4 Å². The zero-order valence-electron chi connectivity index (χ0n) is 13.5. The van der Waals surface area contributed by atoms with Crippen LogP contribution in [0.4, 0.5) is 4.79 Å². The molecule has 1 aromatic rings. The average molecular weight is 316 g/mol. The van der Waals surface area contributed by atoms with Gasteiger partial charge in [0.15, 0.2) is 0 Å². The van der Waals surface area contributed by atoms with E-state index in [-0.39, 0.29) is 0 Å². The number of aryl methyl sites for hydroxylation is 2. The van der Waals surface area contributed by atoms with Crippen molar-refractivity contribution in [2.24, 2.45) is 7.05 Å². The third-order valence-corrected chi connectivity index (χ3v) is 3.69. The minimum Gasteiger partial charge on any atom is -0.444 e. The summed E-state index contributed by atoms with van der Waals surface area (Å²) in [5, 5.41) is 4.51. The molecule has 1 unspecified atom stereocenters. The topological polar surface area (TPSA) is 64.4 Å². The third-order valence-electron chi connectivity index (χ3n) is 3.25. The first-order valence-corrected chi connectivity index (χ1v) is 6.94. The highest BCUT2D eigenvalue weighted by Gasteiger charge is 2.41. The molecule has 1 atom stereocenters. The predicted molar refractivity (Wildman–Crippen MR) is 80.4 cm³/mol. The number of ether oxygens (including phenoxy) is 1. The number of aromatic nitrogens is 2. The minimum atomic E-state index is -1.25. The molecular formula is C14H22ClN3O3. The number of likely N-dealkylation sites (N-methyl/N-ethyl adjacent to an activating group) is 1. The first-order chi connectivity index (χ1) is 9.44. The molecule has 0 spiro atoms. The molecule has 1 aromatic heterocycles. The summed E-state index contributed by atoms with van der Waals surface area (Å²) in [7, 11) is 3.18. The van der Waals surface area contributed by atoms with Gasteiger partial charge >= 0.3 is 6.09 Å². The fourth-order valence-electron chi connectivity index (χ4n) is 2.03. The SMILES string of the molecule is Cc1nn(C)c(Cl)c1C(C)(C=O)N(C)C(=O)OC(C)(C)C. The van der Waals surface area contributed by atoms with E-state index in [2.05, 4.69) is 5.10 Å². The van der Waals surface area contributed by atoms with E-state index in [9.17, 15) is 9.59 Å². The third kappa shape index (κ3) is 3.37. The maximum Gasteiger partial charge on any atom is 0.411 e. The van der Waals surface area contributed by atoms with Gasteiger partial charge in [-0.1, -0.05) is 11.6 Å². The van der Waals surface area contributed by atoms with E-state index in [1.807, 2.05) is 0 Å². The van der Waals surface area contributed by atoms with Crippen molar-refractivity contribution >= 4 is 24.0 Å². The largest absolute Gasteiger partial charge is 0.444 e. The van der Waals surface area contributed by atoms with Crippen molar-refractivity contribution in [2.75, 3.05) is 7.05 Å². The second kappa shape index (κ2) is 5.67. The van der Waals surface area contributed by atoms with Gasteiger partial charge in [0.05, 0.1) is 5.69 Å². The standard InChI is InChI=1S/C14H22ClN3O3/c1-9-10(11(15)18(7)16-9)14(5,8-19)17(6)12(20)21-13(2,3)4/h8H,1-7H3. The molecule has 1 amide bonds. The molecular weight excluding hydrogens is 294 g/mol. The molecule has 1 rings (SSSR count). The van der Waals surface area contributed by atoms with Gasteiger partial charge in [-0.2, -0.15) is 5.10 Å². The van der Waals surface area contributed by atoms with Gasteiger partial charge in [0.25, 0.3) is 0 Å². The number of amides is 1. The lowest BCUT2D eigenvalue weighted by Gasteiger charge is -2.35. The summed E-state index contributed by atoms with van der Waals surface area (Å²) in [6, 6.07) is 0. The number of hydrogen-bond donors (Lipinski definition) is 0. The number of rotatable bonds is 3. The van der Waals surface area contributed by atoms with Crippen LogP contribution in [0.2, 0.25) is 5.15 Å². The van der Waals surface area contributed by atoms with Crippen LogP contribution < -0.4 is 0 Å². The summed E-state index contributed by atoms with van der Waals surface area (Å²) in [6.07, 6.45) is 0.0729. The van der Waals surface area contributed by atoms with E-state index in [1.54, 1.807) is 41.7 Å². The summed E-state index contributed by atoms with van der Waals surface area (Å²) in [4.78, 5) is 25.2. The summed E-state index contributed by atoms with van der Waals surface area (Å²) < 4.78 is 6.78. The van der Waals surface area contributed by atoms with Crippen LogP contribution >= 0.6 is 11.6 Å². The molecule has 0 N–H and O–H groups in total.